The number of aryl methyl sites for hydroxylation is 2. The molecular weight excluding hydrogens is 264 g/mol. The van der Waals surface area contributed by atoms with E-state index in [9.17, 15) is 5.11 Å². The van der Waals surface area contributed by atoms with Crippen molar-refractivity contribution in [2.24, 2.45) is 5.92 Å². The highest BCUT2D eigenvalue weighted by Gasteiger charge is 2.31. The minimum Gasteiger partial charge on any atom is -0.466 e. The van der Waals surface area contributed by atoms with Crippen LogP contribution in [0, 0.1) is 19.8 Å². The summed E-state index contributed by atoms with van der Waals surface area (Å²) in [5.41, 5.74) is 0.00912. The molecule has 1 aliphatic rings. The Balaban J connectivity index is 1.94. The molecule has 0 saturated carbocycles. The highest BCUT2D eigenvalue weighted by Crippen LogP contribution is 2.27. The number of furan rings is 1. The fourth-order valence-electron chi connectivity index (χ4n) is 3.41. The van der Waals surface area contributed by atoms with E-state index < -0.39 is 5.60 Å². The number of piperidine rings is 1. The largest absolute Gasteiger partial charge is 0.466 e. The minimum absolute atomic E-state index is 0.479. The van der Waals surface area contributed by atoms with Gasteiger partial charge in [0.1, 0.15) is 17.1 Å². The van der Waals surface area contributed by atoms with Crippen LogP contribution >= 0.6 is 0 Å². The predicted octanol–water partition coefficient (Wildman–Crippen LogP) is 2.42. The molecule has 2 rings (SSSR count). The van der Waals surface area contributed by atoms with Crippen LogP contribution in [0.25, 0.3) is 0 Å². The molecule has 1 aromatic rings. The van der Waals surface area contributed by atoms with E-state index >= 15 is 0 Å². The smallest absolute Gasteiger partial charge is 0.107 e. The molecule has 2 heterocycles. The monoisotopic (exact) mass is 294 g/mol. The summed E-state index contributed by atoms with van der Waals surface area (Å²) in [7, 11) is 0. The number of likely N-dealkylation sites (tertiary alicyclic amines) is 1. The van der Waals surface area contributed by atoms with Gasteiger partial charge < -0.3 is 19.7 Å². The summed E-state index contributed by atoms with van der Waals surface area (Å²) in [6.45, 7) is 14.2. The molecule has 1 aromatic heterocycles. The lowest BCUT2D eigenvalue weighted by Gasteiger charge is -2.38. The van der Waals surface area contributed by atoms with Crippen LogP contribution in [0.4, 0.5) is 0 Å². The van der Waals surface area contributed by atoms with Gasteiger partial charge in [0, 0.05) is 24.7 Å². The van der Waals surface area contributed by atoms with Crippen molar-refractivity contribution in [2.45, 2.75) is 52.7 Å². The van der Waals surface area contributed by atoms with Crippen LogP contribution in [-0.2, 0) is 5.60 Å². The molecule has 4 heteroatoms. The highest BCUT2D eigenvalue weighted by molar-refractivity contribution is 5.26. The van der Waals surface area contributed by atoms with Gasteiger partial charge in [-0.2, -0.15) is 0 Å². The third-order valence-corrected chi connectivity index (χ3v) is 4.77. The Labute approximate surface area is 128 Å². The summed E-state index contributed by atoms with van der Waals surface area (Å²) in [6.07, 6.45) is 1.15. The second-order valence-electron chi connectivity index (χ2n) is 6.75. The molecule has 4 nitrogen and oxygen atoms in total. The van der Waals surface area contributed by atoms with E-state index in [0.29, 0.717) is 18.5 Å². The molecule has 0 aliphatic carbocycles. The Bertz CT molecular complexity index is 467. The van der Waals surface area contributed by atoms with E-state index in [1.54, 1.807) is 0 Å². The van der Waals surface area contributed by atoms with Gasteiger partial charge in [-0.05, 0) is 52.3 Å². The Morgan fingerprint density at radius 2 is 2.19 bits per heavy atom. The molecule has 1 saturated heterocycles. The second kappa shape index (κ2) is 6.51. The molecule has 3 unspecified atom stereocenters. The van der Waals surface area contributed by atoms with Gasteiger partial charge in [-0.25, -0.2) is 0 Å². The summed E-state index contributed by atoms with van der Waals surface area (Å²) in [6, 6.07) is 2.42. The summed E-state index contributed by atoms with van der Waals surface area (Å²) in [5.74, 6) is 2.28. The van der Waals surface area contributed by atoms with Crippen LogP contribution in [0.2, 0.25) is 0 Å². The van der Waals surface area contributed by atoms with Gasteiger partial charge >= 0.3 is 0 Å². The number of nitrogens with zero attached hydrogens (tertiary/aromatic N) is 1. The molecule has 0 radical (unpaired) electrons. The third-order valence-electron chi connectivity index (χ3n) is 4.77. The van der Waals surface area contributed by atoms with E-state index in [4.69, 9.17) is 4.42 Å². The fourth-order valence-corrected chi connectivity index (χ4v) is 3.41. The number of nitrogens with one attached hydrogen (secondary N) is 1. The van der Waals surface area contributed by atoms with Crippen molar-refractivity contribution in [3.8, 4) is 0 Å². The molecule has 0 spiro atoms. The van der Waals surface area contributed by atoms with Gasteiger partial charge in [0.05, 0.1) is 0 Å². The van der Waals surface area contributed by atoms with Gasteiger partial charge in [0.2, 0.25) is 0 Å². The van der Waals surface area contributed by atoms with Gasteiger partial charge in [-0.1, -0.05) is 13.8 Å². The number of hydrogen-bond donors (Lipinski definition) is 2. The zero-order valence-corrected chi connectivity index (χ0v) is 14.1. The zero-order valence-electron chi connectivity index (χ0n) is 14.1. The van der Waals surface area contributed by atoms with Crippen molar-refractivity contribution in [3.63, 3.8) is 0 Å². The predicted molar refractivity (Wildman–Crippen MR) is 85.4 cm³/mol. The standard InChI is InChI=1S/C17H30N2O2/c1-6-19-8-7-16(12(2)10-19)18-11-17(5,20)15-9-13(3)21-14(15)4/h9,12,16,18,20H,6-8,10-11H2,1-5H3. The Morgan fingerprint density at radius 3 is 2.71 bits per heavy atom. The summed E-state index contributed by atoms with van der Waals surface area (Å²) in [4.78, 5) is 2.49. The first-order valence-corrected chi connectivity index (χ1v) is 8.09. The fraction of sp³-hybridized carbons (Fsp3) is 0.765. The lowest BCUT2D eigenvalue weighted by atomic mass is 9.91. The van der Waals surface area contributed by atoms with Crippen molar-refractivity contribution < 1.29 is 9.52 Å². The molecule has 120 valence electrons. The lowest BCUT2D eigenvalue weighted by molar-refractivity contribution is 0.0441. The van der Waals surface area contributed by atoms with Gasteiger partial charge in [0.25, 0.3) is 0 Å². The average Bonchev–Trinajstić information content (AvgIpc) is 2.77. The molecular formula is C17H30N2O2. The van der Waals surface area contributed by atoms with Crippen LogP contribution in [-0.4, -0.2) is 42.2 Å². The Hall–Kier alpha value is -0.840. The number of hydrogen-bond acceptors (Lipinski definition) is 4. The minimum atomic E-state index is -0.885. The maximum atomic E-state index is 10.8. The first-order chi connectivity index (χ1) is 9.83. The van der Waals surface area contributed by atoms with Gasteiger partial charge in [-0.3, -0.25) is 0 Å². The first kappa shape index (κ1) is 16.5. The Morgan fingerprint density at radius 1 is 1.48 bits per heavy atom. The van der Waals surface area contributed by atoms with Crippen LogP contribution in [0.1, 0.15) is 44.3 Å². The van der Waals surface area contributed by atoms with Gasteiger partial charge in [0.15, 0.2) is 0 Å². The quantitative estimate of drug-likeness (QED) is 0.875. The van der Waals surface area contributed by atoms with E-state index in [-0.39, 0.29) is 0 Å². The molecule has 2 N–H and O–H groups in total. The van der Waals surface area contributed by atoms with E-state index in [0.717, 1.165) is 43.1 Å². The maximum absolute atomic E-state index is 10.8. The molecule has 0 bridgehead atoms. The van der Waals surface area contributed by atoms with Crippen molar-refractivity contribution in [2.75, 3.05) is 26.2 Å². The van der Waals surface area contributed by atoms with Crippen molar-refractivity contribution >= 4 is 0 Å². The van der Waals surface area contributed by atoms with Crippen molar-refractivity contribution in [1.29, 1.82) is 0 Å². The van der Waals surface area contributed by atoms with Crippen LogP contribution in [0.5, 0.6) is 0 Å². The molecule has 1 aliphatic heterocycles. The average molecular weight is 294 g/mol. The number of rotatable bonds is 5. The zero-order chi connectivity index (χ0) is 15.6. The third kappa shape index (κ3) is 3.87. The summed E-state index contributed by atoms with van der Waals surface area (Å²) in [5, 5.41) is 14.3. The lowest BCUT2D eigenvalue weighted by Crippen LogP contribution is -2.51. The van der Waals surface area contributed by atoms with E-state index in [1.165, 1.54) is 0 Å². The van der Waals surface area contributed by atoms with Crippen LogP contribution in [0.15, 0.2) is 10.5 Å². The molecule has 0 aromatic carbocycles. The highest BCUT2D eigenvalue weighted by atomic mass is 16.3. The number of aliphatic hydroxyl groups is 1. The first-order valence-electron chi connectivity index (χ1n) is 8.09. The molecule has 0 amide bonds. The molecule has 21 heavy (non-hydrogen) atoms. The van der Waals surface area contributed by atoms with Crippen LogP contribution in [0.3, 0.4) is 0 Å². The second-order valence-corrected chi connectivity index (χ2v) is 6.75. The van der Waals surface area contributed by atoms with Crippen molar-refractivity contribution in [3.05, 3.63) is 23.2 Å². The summed E-state index contributed by atoms with van der Waals surface area (Å²) < 4.78 is 5.55. The molecule has 3 atom stereocenters. The molecule has 1 fully saturated rings. The Kier molecular flexibility index (Phi) is 5.12. The van der Waals surface area contributed by atoms with E-state index in [1.807, 2.05) is 26.8 Å². The van der Waals surface area contributed by atoms with Gasteiger partial charge in [-0.15, -0.1) is 0 Å². The SMILES string of the molecule is CCN1CCC(NCC(C)(O)c2cc(C)oc2C)C(C)C1. The van der Waals surface area contributed by atoms with Crippen molar-refractivity contribution in [1.82, 2.24) is 10.2 Å². The van der Waals surface area contributed by atoms with Crippen LogP contribution < -0.4 is 5.32 Å². The summed E-state index contributed by atoms with van der Waals surface area (Å²) >= 11 is 0. The normalized spacial score (nSPS) is 26.8. The topological polar surface area (TPSA) is 48.6 Å². The van der Waals surface area contributed by atoms with E-state index in [2.05, 4.69) is 24.1 Å². The maximum Gasteiger partial charge on any atom is 0.107 e.